The van der Waals surface area contributed by atoms with Gasteiger partial charge in [0.15, 0.2) is 22.8 Å². The second kappa shape index (κ2) is 7.48. The average Bonchev–Trinajstić information content (AvgIpc) is 3.17. The number of rotatable bonds is 6. The molecular formula is C21H20N6O. The average molecular weight is 372 g/mol. The van der Waals surface area contributed by atoms with Crippen molar-refractivity contribution >= 4 is 22.9 Å². The summed E-state index contributed by atoms with van der Waals surface area (Å²) in [4.78, 5) is 25.3. The Balaban J connectivity index is 1.87. The molecule has 0 fully saturated rings. The number of primary amides is 1. The van der Waals surface area contributed by atoms with Crippen molar-refractivity contribution in [2.45, 2.75) is 13.3 Å². The zero-order chi connectivity index (χ0) is 19.5. The molecule has 7 heteroatoms. The molecule has 0 saturated carbocycles. The third kappa shape index (κ3) is 3.29. The van der Waals surface area contributed by atoms with Gasteiger partial charge in [0.2, 0.25) is 5.91 Å². The molecule has 0 aliphatic rings. The van der Waals surface area contributed by atoms with Gasteiger partial charge in [-0.3, -0.25) is 9.36 Å². The van der Waals surface area contributed by atoms with E-state index in [4.69, 9.17) is 10.7 Å². The number of aromatic nitrogens is 4. The van der Waals surface area contributed by atoms with Crippen molar-refractivity contribution in [3.8, 4) is 17.1 Å². The lowest BCUT2D eigenvalue weighted by atomic mass is 10.1. The maximum atomic E-state index is 11.3. The van der Waals surface area contributed by atoms with Crippen LogP contribution < -0.4 is 11.1 Å². The maximum absolute atomic E-state index is 11.3. The number of hydrogen-bond acceptors (Lipinski definition) is 5. The molecule has 0 atom stereocenters. The molecule has 3 N–H and O–H groups in total. The smallest absolute Gasteiger partial charge is 0.248 e. The molecule has 0 spiro atoms. The predicted molar refractivity (Wildman–Crippen MR) is 109 cm³/mol. The number of hydrogen-bond donors (Lipinski definition) is 2. The monoisotopic (exact) mass is 372 g/mol. The Bertz CT molecular complexity index is 1120. The molecule has 2 heterocycles. The van der Waals surface area contributed by atoms with Crippen LogP contribution in [0.3, 0.4) is 0 Å². The minimum Gasteiger partial charge on any atom is -0.368 e. The summed E-state index contributed by atoms with van der Waals surface area (Å²) in [7, 11) is 0. The van der Waals surface area contributed by atoms with Gasteiger partial charge in [-0.05, 0) is 30.7 Å². The summed E-state index contributed by atoms with van der Waals surface area (Å²) in [6.45, 7) is 2.88. The summed E-state index contributed by atoms with van der Waals surface area (Å²) in [5.41, 5.74) is 8.99. The van der Waals surface area contributed by atoms with Crippen molar-refractivity contribution in [2.75, 3.05) is 11.9 Å². The van der Waals surface area contributed by atoms with E-state index in [1.165, 1.54) is 0 Å². The number of nitrogens with two attached hydrogens (primary N) is 1. The van der Waals surface area contributed by atoms with E-state index in [0.717, 1.165) is 29.7 Å². The lowest BCUT2D eigenvalue weighted by Gasteiger charge is -2.09. The van der Waals surface area contributed by atoms with Crippen LogP contribution >= 0.6 is 0 Å². The SMILES string of the molecule is CCCNc1nc(-c2ccc(C(N)=O)cc2)nc2c1ncn2-c1ccccc1. The number of carbonyl (C=O) groups is 1. The Morgan fingerprint density at radius 1 is 1.07 bits per heavy atom. The summed E-state index contributed by atoms with van der Waals surface area (Å²) in [6, 6.07) is 16.9. The Kier molecular flexibility index (Phi) is 4.72. The topological polar surface area (TPSA) is 98.7 Å². The van der Waals surface area contributed by atoms with Gasteiger partial charge < -0.3 is 11.1 Å². The van der Waals surface area contributed by atoms with Crippen LogP contribution in [0.4, 0.5) is 5.82 Å². The van der Waals surface area contributed by atoms with E-state index in [1.54, 1.807) is 30.6 Å². The van der Waals surface area contributed by atoms with Crippen LogP contribution in [-0.2, 0) is 0 Å². The highest BCUT2D eigenvalue weighted by molar-refractivity contribution is 5.93. The van der Waals surface area contributed by atoms with E-state index in [2.05, 4.69) is 22.2 Å². The highest BCUT2D eigenvalue weighted by Crippen LogP contribution is 2.26. The highest BCUT2D eigenvalue weighted by atomic mass is 16.1. The molecule has 2 aromatic carbocycles. The summed E-state index contributed by atoms with van der Waals surface area (Å²) in [6.07, 6.45) is 2.72. The molecule has 0 saturated heterocycles. The van der Waals surface area contributed by atoms with Gasteiger partial charge in [-0.2, -0.15) is 0 Å². The molecule has 0 unspecified atom stereocenters. The Labute approximate surface area is 162 Å². The second-order valence-electron chi connectivity index (χ2n) is 6.39. The number of nitrogens with zero attached hydrogens (tertiary/aromatic N) is 4. The molecule has 1 amide bonds. The molecule has 0 bridgehead atoms. The van der Waals surface area contributed by atoms with E-state index in [0.29, 0.717) is 22.9 Å². The van der Waals surface area contributed by atoms with Crippen molar-refractivity contribution < 1.29 is 4.79 Å². The molecule has 2 aromatic heterocycles. The first-order valence-electron chi connectivity index (χ1n) is 9.12. The van der Waals surface area contributed by atoms with Gasteiger partial charge in [-0.1, -0.05) is 37.3 Å². The largest absolute Gasteiger partial charge is 0.368 e. The molecule has 28 heavy (non-hydrogen) atoms. The van der Waals surface area contributed by atoms with Crippen LogP contribution in [0.5, 0.6) is 0 Å². The Morgan fingerprint density at radius 3 is 2.50 bits per heavy atom. The number of nitrogens with one attached hydrogen (secondary N) is 1. The fourth-order valence-corrected chi connectivity index (χ4v) is 2.96. The van der Waals surface area contributed by atoms with Crippen LogP contribution in [0, 0.1) is 0 Å². The fourth-order valence-electron chi connectivity index (χ4n) is 2.96. The first kappa shape index (κ1) is 17.7. The van der Waals surface area contributed by atoms with Gasteiger partial charge in [0, 0.05) is 23.4 Å². The van der Waals surface area contributed by atoms with Crippen LogP contribution in [0.15, 0.2) is 60.9 Å². The summed E-state index contributed by atoms with van der Waals surface area (Å²) in [5.74, 6) is 0.783. The van der Waals surface area contributed by atoms with Crippen LogP contribution in [0.1, 0.15) is 23.7 Å². The first-order valence-corrected chi connectivity index (χ1v) is 9.12. The quantitative estimate of drug-likeness (QED) is 0.540. The third-order valence-corrected chi connectivity index (χ3v) is 4.40. The number of anilines is 1. The molecular weight excluding hydrogens is 352 g/mol. The molecule has 0 aliphatic carbocycles. The van der Waals surface area contributed by atoms with Crippen LogP contribution in [-0.4, -0.2) is 32.0 Å². The van der Waals surface area contributed by atoms with Gasteiger partial charge in [0.05, 0.1) is 0 Å². The highest BCUT2D eigenvalue weighted by Gasteiger charge is 2.15. The summed E-state index contributed by atoms with van der Waals surface area (Å²) < 4.78 is 1.94. The van der Waals surface area contributed by atoms with Crippen LogP contribution in [0.2, 0.25) is 0 Å². The van der Waals surface area contributed by atoms with Gasteiger partial charge >= 0.3 is 0 Å². The minimum absolute atomic E-state index is 0.448. The fraction of sp³-hybridized carbons (Fsp3) is 0.143. The van der Waals surface area contributed by atoms with Crippen molar-refractivity contribution in [2.24, 2.45) is 5.73 Å². The Morgan fingerprint density at radius 2 is 1.82 bits per heavy atom. The first-order chi connectivity index (χ1) is 13.7. The minimum atomic E-state index is -0.463. The normalized spacial score (nSPS) is 10.9. The molecule has 0 radical (unpaired) electrons. The number of imidazole rings is 1. The van der Waals surface area contributed by atoms with E-state index in [9.17, 15) is 4.79 Å². The van der Waals surface area contributed by atoms with Gasteiger partial charge in [-0.15, -0.1) is 0 Å². The second-order valence-corrected chi connectivity index (χ2v) is 6.39. The van der Waals surface area contributed by atoms with Crippen molar-refractivity contribution in [3.63, 3.8) is 0 Å². The van der Waals surface area contributed by atoms with E-state index in [1.807, 2.05) is 34.9 Å². The van der Waals surface area contributed by atoms with Crippen LogP contribution in [0.25, 0.3) is 28.2 Å². The molecule has 4 rings (SSSR count). The number of carbonyl (C=O) groups excluding carboxylic acids is 1. The van der Waals surface area contributed by atoms with Gasteiger partial charge in [0.25, 0.3) is 0 Å². The van der Waals surface area contributed by atoms with E-state index in [-0.39, 0.29) is 0 Å². The number of benzene rings is 2. The number of para-hydroxylation sites is 1. The van der Waals surface area contributed by atoms with Crippen molar-refractivity contribution in [3.05, 3.63) is 66.5 Å². The lowest BCUT2D eigenvalue weighted by molar-refractivity contribution is 0.100. The zero-order valence-electron chi connectivity index (χ0n) is 15.5. The number of amides is 1. The lowest BCUT2D eigenvalue weighted by Crippen LogP contribution is -2.10. The zero-order valence-corrected chi connectivity index (χ0v) is 15.5. The van der Waals surface area contributed by atoms with E-state index >= 15 is 0 Å². The summed E-state index contributed by atoms with van der Waals surface area (Å²) >= 11 is 0. The summed E-state index contributed by atoms with van der Waals surface area (Å²) in [5, 5.41) is 3.34. The molecule has 140 valence electrons. The maximum Gasteiger partial charge on any atom is 0.248 e. The molecule has 0 aliphatic heterocycles. The van der Waals surface area contributed by atoms with Gasteiger partial charge in [-0.25, -0.2) is 15.0 Å². The third-order valence-electron chi connectivity index (χ3n) is 4.40. The van der Waals surface area contributed by atoms with Crippen molar-refractivity contribution in [1.82, 2.24) is 19.5 Å². The molecule has 7 nitrogen and oxygen atoms in total. The standard InChI is InChI=1S/C21H20N6O/c1-2-12-23-20-17-21(27(13-24-17)16-6-4-3-5-7-16)26-19(25-20)15-10-8-14(9-11-15)18(22)28/h3-11,13H,2,12H2,1H3,(H2,22,28)(H,23,25,26). The molecule has 4 aromatic rings. The number of fused-ring (bicyclic) bond motifs is 1. The predicted octanol–water partition coefficient (Wildman–Crippen LogP) is 3.40. The van der Waals surface area contributed by atoms with Gasteiger partial charge in [0.1, 0.15) is 6.33 Å². The Hall–Kier alpha value is -3.74. The van der Waals surface area contributed by atoms with E-state index < -0.39 is 5.91 Å². The van der Waals surface area contributed by atoms with Crippen molar-refractivity contribution in [1.29, 1.82) is 0 Å².